The Morgan fingerprint density at radius 2 is 1.87 bits per heavy atom. The second-order valence-corrected chi connectivity index (χ2v) is 8.44. The number of hydrogen-bond acceptors (Lipinski definition) is 9. The third-order valence-corrected chi connectivity index (χ3v) is 5.78. The van der Waals surface area contributed by atoms with E-state index in [-0.39, 0.29) is 34.6 Å². The number of carbonyl (C=O) groups is 2. The fraction of sp³-hybridized carbons (Fsp3) is 0.192. The summed E-state index contributed by atoms with van der Waals surface area (Å²) >= 11 is 0. The monoisotopic (exact) mass is 515 g/mol. The van der Waals surface area contributed by atoms with Gasteiger partial charge in [0.1, 0.15) is 0 Å². The number of aromatic nitrogens is 5. The molecule has 2 amide bonds. The number of aromatic amines is 1. The fourth-order valence-electron chi connectivity index (χ4n) is 3.75. The number of H-pyrrole nitrogens is 1. The van der Waals surface area contributed by atoms with Crippen LogP contribution in [0.2, 0.25) is 0 Å². The molecule has 3 aromatic heterocycles. The molecular weight excluding hydrogens is 488 g/mol. The fourth-order valence-corrected chi connectivity index (χ4v) is 3.75. The summed E-state index contributed by atoms with van der Waals surface area (Å²) in [5, 5.41) is 15.4. The minimum atomic E-state index is -2.76. The number of carbonyl (C=O) groups excluding carboxylic acids is 2. The van der Waals surface area contributed by atoms with Gasteiger partial charge in [-0.25, -0.2) is 9.97 Å². The maximum atomic E-state index is 12.8. The van der Waals surface area contributed by atoms with Gasteiger partial charge in [0.25, 0.3) is 5.91 Å². The van der Waals surface area contributed by atoms with Crippen molar-refractivity contribution >= 4 is 29.0 Å². The van der Waals surface area contributed by atoms with Gasteiger partial charge in [-0.2, -0.15) is 0 Å². The molecule has 1 fully saturated rings. The van der Waals surface area contributed by atoms with E-state index in [9.17, 15) is 14.4 Å². The number of nitrogens with one attached hydrogen (secondary N) is 4. The summed E-state index contributed by atoms with van der Waals surface area (Å²) in [5.74, 6) is -0.591. The van der Waals surface area contributed by atoms with Crippen molar-refractivity contribution in [3.8, 4) is 28.4 Å². The first-order valence-electron chi connectivity index (χ1n) is 13.1. The van der Waals surface area contributed by atoms with Crippen molar-refractivity contribution in [3.63, 3.8) is 0 Å². The number of rotatable bonds is 8. The molecule has 3 heterocycles. The number of pyridine rings is 1. The van der Waals surface area contributed by atoms with Crippen LogP contribution in [-0.2, 0) is 4.79 Å². The Labute approximate surface area is 221 Å². The third-order valence-electron chi connectivity index (χ3n) is 5.78. The molecule has 12 heteroatoms. The Morgan fingerprint density at radius 3 is 2.58 bits per heavy atom. The third kappa shape index (κ3) is 5.19. The molecule has 1 aliphatic carbocycles. The van der Waals surface area contributed by atoms with Crippen LogP contribution in [0.3, 0.4) is 0 Å². The molecule has 4 N–H and O–H groups in total. The van der Waals surface area contributed by atoms with Gasteiger partial charge in [-0.1, -0.05) is 12.1 Å². The van der Waals surface area contributed by atoms with Crippen LogP contribution in [0.1, 0.15) is 27.4 Å². The topological polar surface area (TPSA) is 164 Å². The van der Waals surface area contributed by atoms with Gasteiger partial charge < -0.3 is 25.7 Å². The molecule has 12 nitrogen and oxygen atoms in total. The zero-order valence-corrected chi connectivity index (χ0v) is 20.1. The first-order valence-corrected chi connectivity index (χ1v) is 11.6. The summed E-state index contributed by atoms with van der Waals surface area (Å²) in [5.41, 5.74) is 1.56. The lowest BCUT2D eigenvalue weighted by Crippen LogP contribution is -2.22. The summed E-state index contributed by atoms with van der Waals surface area (Å²) in [7, 11) is 1.45. The van der Waals surface area contributed by atoms with Crippen molar-refractivity contribution in [1.29, 1.82) is 0 Å². The lowest BCUT2D eigenvalue weighted by Gasteiger charge is -2.16. The van der Waals surface area contributed by atoms with Gasteiger partial charge in [-0.3, -0.25) is 14.4 Å². The lowest BCUT2D eigenvalue weighted by atomic mass is 10.1. The second-order valence-electron chi connectivity index (χ2n) is 8.44. The molecule has 0 saturated heterocycles. The van der Waals surface area contributed by atoms with E-state index in [4.69, 9.17) is 8.85 Å². The lowest BCUT2D eigenvalue weighted by molar-refractivity contribution is -0.117. The second kappa shape index (κ2) is 10.5. The highest BCUT2D eigenvalue weighted by atomic mass is 16.5. The molecule has 1 aromatic carbocycles. The van der Waals surface area contributed by atoms with E-state index in [1.54, 1.807) is 42.7 Å². The van der Waals surface area contributed by atoms with Crippen LogP contribution in [0.15, 0.2) is 59.7 Å². The van der Waals surface area contributed by atoms with Crippen LogP contribution in [0.25, 0.3) is 22.6 Å². The molecule has 1 aliphatic rings. The zero-order chi connectivity index (χ0) is 29.1. The number of benzene rings is 1. The van der Waals surface area contributed by atoms with Crippen LogP contribution in [-0.4, -0.2) is 51.0 Å². The average Bonchev–Trinajstić information content (AvgIpc) is 3.78. The van der Waals surface area contributed by atoms with E-state index in [2.05, 4.69) is 35.8 Å². The van der Waals surface area contributed by atoms with E-state index >= 15 is 0 Å². The van der Waals surface area contributed by atoms with Crippen molar-refractivity contribution in [2.45, 2.75) is 12.8 Å². The summed E-state index contributed by atoms with van der Waals surface area (Å²) in [6.45, 7) is -2.76. The number of methoxy groups -OCH3 is 1. The minimum absolute atomic E-state index is 0.0765. The highest BCUT2D eigenvalue weighted by Gasteiger charge is 2.30. The van der Waals surface area contributed by atoms with E-state index in [0.717, 1.165) is 12.8 Å². The smallest absolute Gasteiger partial charge is 0.273 e. The SMILES string of the molecule is [2H]C([2H])([2H])NC(=O)c1nnc(NC(=O)C2CC2)cc1Nc1cccc(-c2ncc(-c3cccc(=O)[nH]3)cn2)c1OC. The van der Waals surface area contributed by atoms with Gasteiger partial charge in [0.15, 0.2) is 23.1 Å². The first-order chi connectivity index (χ1) is 19.6. The average molecular weight is 516 g/mol. The molecule has 38 heavy (non-hydrogen) atoms. The largest absolute Gasteiger partial charge is 0.494 e. The Kier molecular flexibility index (Phi) is 5.78. The van der Waals surface area contributed by atoms with Crippen LogP contribution in [0.5, 0.6) is 5.75 Å². The number of anilines is 3. The molecule has 0 bridgehead atoms. The predicted octanol–water partition coefficient (Wildman–Crippen LogP) is 2.75. The van der Waals surface area contributed by atoms with Gasteiger partial charge in [0.2, 0.25) is 11.5 Å². The van der Waals surface area contributed by atoms with E-state index in [0.29, 0.717) is 34.1 Å². The molecular formula is C26H24N8O4. The van der Waals surface area contributed by atoms with E-state index in [1.165, 1.54) is 19.2 Å². The molecule has 0 spiro atoms. The minimum Gasteiger partial charge on any atom is -0.494 e. The van der Waals surface area contributed by atoms with E-state index in [1.807, 2.05) is 5.32 Å². The highest BCUT2D eigenvalue weighted by molar-refractivity contribution is 6.00. The molecule has 5 rings (SSSR count). The molecule has 0 aliphatic heterocycles. The standard InChI is InChI=1S/C26H24N8O4/c1-27-26(37)22-19(11-20(33-34-22)32-25(36)14-9-10-14)30-18-7-3-5-16(23(18)38-2)24-28-12-15(13-29-24)17-6-4-8-21(35)31-17/h3-8,11-14H,9-10H2,1-2H3,(H,27,37)(H,31,35)(H2,30,32,33,36)/i1D3. The number of ether oxygens (including phenoxy) is 1. The molecule has 4 aromatic rings. The Balaban J connectivity index is 1.49. The molecule has 0 radical (unpaired) electrons. The number of hydrogen-bond donors (Lipinski definition) is 4. The molecule has 0 unspecified atom stereocenters. The predicted molar refractivity (Wildman–Crippen MR) is 140 cm³/mol. The van der Waals surface area contributed by atoms with Gasteiger partial charge in [0.05, 0.1) is 29.7 Å². The van der Waals surface area contributed by atoms with Gasteiger partial charge >= 0.3 is 0 Å². The van der Waals surface area contributed by atoms with E-state index < -0.39 is 12.9 Å². The molecule has 1 saturated carbocycles. The van der Waals surface area contributed by atoms with Crippen molar-refractivity contribution in [1.82, 2.24) is 30.5 Å². The van der Waals surface area contributed by atoms with Gasteiger partial charge in [0, 0.05) is 47.1 Å². The van der Waals surface area contributed by atoms with Crippen LogP contribution >= 0.6 is 0 Å². The van der Waals surface area contributed by atoms with Crippen molar-refractivity contribution in [2.75, 3.05) is 24.7 Å². The van der Waals surface area contributed by atoms with Crippen LogP contribution in [0, 0.1) is 5.92 Å². The summed E-state index contributed by atoms with van der Waals surface area (Å²) in [6.07, 6.45) is 4.68. The maximum absolute atomic E-state index is 12.8. The quantitative estimate of drug-likeness (QED) is 0.276. The first kappa shape index (κ1) is 21.0. The summed E-state index contributed by atoms with van der Waals surface area (Å²) < 4.78 is 27.8. The summed E-state index contributed by atoms with van der Waals surface area (Å²) in [6, 6.07) is 11.3. The van der Waals surface area contributed by atoms with Gasteiger partial charge in [-0.05, 0) is 31.0 Å². The van der Waals surface area contributed by atoms with Crippen LogP contribution in [0.4, 0.5) is 17.2 Å². The van der Waals surface area contributed by atoms with Crippen LogP contribution < -0.4 is 26.2 Å². The Bertz CT molecular complexity index is 1670. The number of para-hydroxylation sites is 1. The van der Waals surface area contributed by atoms with Crippen molar-refractivity contribution in [3.05, 3.63) is 70.9 Å². The maximum Gasteiger partial charge on any atom is 0.273 e. The van der Waals surface area contributed by atoms with Crippen molar-refractivity contribution in [2.24, 2.45) is 5.92 Å². The Hall–Kier alpha value is -5.13. The molecule has 0 atom stereocenters. The molecule has 192 valence electrons. The van der Waals surface area contributed by atoms with Gasteiger partial charge in [-0.15, -0.1) is 10.2 Å². The Morgan fingerprint density at radius 1 is 1.08 bits per heavy atom. The number of nitrogens with zero attached hydrogens (tertiary/aromatic N) is 4. The zero-order valence-electron chi connectivity index (χ0n) is 23.1. The normalized spacial score (nSPS) is 14.0. The van der Waals surface area contributed by atoms with Crippen molar-refractivity contribution < 1.29 is 18.4 Å². The number of amides is 2. The highest BCUT2D eigenvalue weighted by Crippen LogP contribution is 2.37. The summed E-state index contributed by atoms with van der Waals surface area (Å²) in [4.78, 5) is 48.3.